The molecule has 1 heterocycles. The fraction of sp³-hybridized carbons (Fsp3) is 0.261. The van der Waals surface area contributed by atoms with Crippen LogP contribution in [-0.4, -0.2) is 28.2 Å². The summed E-state index contributed by atoms with van der Waals surface area (Å²) in [6.07, 6.45) is 1.38. The molecule has 0 bridgehead atoms. The average molecular weight is 443 g/mol. The second-order valence-corrected chi connectivity index (χ2v) is 7.45. The van der Waals surface area contributed by atoms with Gasteiger partial charge in [-0.1, -0.05) is 25.4 Å². The first-order chi connectivity index (χ1) is 14.9. The molecule has 0 fully saturated rings. The fourth-order valence-corrected chi connectivity index (χ4v) is 3.40. The first-order valence-corrected chi connectivity index (χ1v) is 10.4. The van der Waals surface area contributed by atoms with Gasteiger partial charge in [0.15, 0.2) is 0 Å². The van der Waals surface area contributed by atoms with Crippen LogP contribution in [0, 0.1) is 0 Å². The number of rotatable bonds is 7. The van der Waals surface area contributed by atoms with Crippen molar-refractivity contribution in [2.24, 2.45) is 0 Å². The Balaban J connectivity index is 1.95. The summed E-state index contributed by atoms with van der Waals surface area (Å²) < 4.78 is 6.52. The molecule has 0 aliphatic carbocycles. The SMILES string of the molecule is CCCOC(=O)c1ccc(NC(=O)c2c(O)c3cc(Cl)ccc3n(CCC)c2=O)cc1. The van der Waals surface area contributed by atoms with E-state index in [0.717, 1.165) is 6.42 Å². The summed E-state index contributed by atoms with van der Waals surface area (Å²) in [4.78, 5) is 37.8. The standard InChI is InChI=1S/C23H23ClN2O5/c1-3-11-26-18-10-7-15(24)13-17(18)20(27)19(22(26)29)21(28)25-16-8-5-14(6-9-16)23(30)31-12-4-2/h5-10,13,27H,3-4,11-12H2,1-2H3,(H,25,28). The fourth-order valence-electron chi connectivity index (χ4n) is 3.23. The van der Waals surface area contributed by atoms with Gasteiger partial charge in [-0.2, -0.15) is 0 Å². The van der Waals surface area contributed by atoms with Gasteiger partial charge in [-0.05, 0) is 55.3 Å². The van der Waals surface area contributed by atoms with Crippen LogP contribution in [0.15, 0.2) is 47.3 Å². The highest BCUT2D eigenvalue weighted by Crippen LogP contribution is 2.29. The molecule has 2 N–H and O–H groups in total. The van der Waals surface area contributed by atoms with Crippen LogP contribution < -0.4 is 10.9 Å². The number of esters is 1. The second kappa shape index (κ2) is 9.66. The van der Waals surface area contributed by atoms with Crippen molar-refractivity contribution in [1.29, 1.82) is 0 Å². The van der Waals surface area contributed by atoms with Crippen molar-refractivity contribution in [2.45, 2.75) is 33.2 Å². The maximum Gasteiger partial charge on any atom is 0.338 e. The number of amides is 1. The van der Waals surface area contributed by atoms with E-state index in [0.29, 0.717) is 46.7 Å². The topological polar surface area (TPSA) is 97.6 Å². The Morgan fingerprint density at radius 1 is 1.10 bits per heavy atom. The lowest BCUT2D eigenvalue weighted by molar-refractivity contribution is 0.0505. The van der Waals surface area contributed by atoms with Crippen molar-refractivity contribution < 1.29 is 19.4 Å². The molecule has 0 unspecified atom stereocenters. The van der Waals surface area contributed by atoms with Crippen molar-refractivity contribution in [3.63, 3.8) is 0 Å². The van der Waals surface area contributed by atoms with Gasteiger partial charge in [-0.15, -0.1) is 0 Å². The van der Waals surface area contributed by atoms with E-state index in [1.54, 1.807) is 12.1 Å². The van der Waals surface area contributed by atoms with Crippen LogP contribution in [-0.2, 0) is 11.3 Å². The molecule has 0 aliphatic heterocycles. The van der Waals surface area contributed by atoms with Crippen molar-refractivity contribution in [1.82, 2.24) is 4.57 Å². The van der Waals surface area contributed by atoms with E-state index in [4.69, 9.17) is 16.3 Å². The lowest BCUT2D eigenvalue weighted by Gasteiger charge is -2.15. The third-order valence-corrected chi connectivity index (χ3v) is 4.93. The van der Waals surface area contributed by atoms with Gasteiger partial charge in [0.05, 0.1) is 17.7 Å². The number of ether oxygens (including phenoxy) is 1. The molecule has 7 nitrogen and oxygen atoms in total. The van der Waals surface area contributed by atoms with E-state index in [9.17, 15) is 19.5 Å². The van der Waals surface area contributed by atoms with Gasteiger partial charge in [-0.25, -0.2) is 4.79 Å². The van der Waals surface area contributed by atoms with Crippen molar-refractivity contribution in [2.75, 3.05) is 11.9 Å². The summed E-state index contributed by atoms with van der Waals surface area (Å²) in [6, 6.07) is 10.9. The number of aryl methyl sites for hydroxylation is 1. The molecule has 0 saturated heterocycles. The van der Waals surface area contributed by atoms with Gasteiger partial charge >= 0.3 is 5.97 Å². The highest BCUT2D eigenvalue weighted by molar-refractivity contribution is 6.31. The van der Waals surface area contributed by atoms with Gasteiger partial charge < -0.3 is 19.7 Å². The molecule has 0 saturated carbocycles. The molecule has 0 atom stereocenters. The third kappa shape index (κ3) is 4.72. The van der Waals surface area contributed by atoms with Crippen LogP contribution in [0.25, 0.3) is 10.9 Å². The monoisotopic (exact) mass is 442 g/mol. The van der Waals surface area contributed by atoms with Crippen LogP contribution in [0.1, 0.15) is 47.4 Å². The van der Waals surface area contributed by atoms with E-state index < -0.39 is 23.2 Å². The van der Waals surface area contributed by atoms with Gasteiger partial charge in [0.2, 0.25) is 0 Å². The first-order valence-electron chi connectivity index (χ1n) is 10.0. The van der Waals surface area contributed by atoms with E-state index in [2.05, 4.69) is 5.32 Å². The van der Waals surface area contributed by atoms with Gasteiger partial charge in [0.1, 0.15) is 11.3 Å². The highest BCUT2D eigenvalue weighted by atomic mass is 35.5. The zero-order valence-electron chi connectivity index (χ0n) is 17.3. The van der Waals surface area contributed by atoms with Crippen LogP contribution >= 0.6 is 11.6 Å². The second-order valence-electron chi connectivity index (χ2n) is 7.01. The molecule has 3 aromatic rings. The third-order valence-electron chi connectivity index (χ3n) is 4.69. The zero-order valence-corrected chi connectivity index (χ0v) is 18.0. The zero-order chi connectivity index (χ0) is 22.5. The Morgan fingerprint density at radius 3 is 2.45 bits per heavy atom. The van der Waals surface area contributed by atoms with Crippen LogP contribution in [0.4, 0.5) is 5.69 Å². The normalized spacial score (nSPS) is 10.8. The molecule has 0 spiro atoms. The molecule has 162 valence electrons. The predicted molar refractivity (Wildman–Crippen MR) is 120 cm³/mol. The molecule has 3 rings (SSSR count). The summed E-state index contributed by atoms with van der Waals surface area (Å²) in [5.74, 6) is -1.63. The molecule has 2 aromatic carbocycles. The van der Waals surface area contributed by atoms with Gasteiger partial charge in [-0.3, -0.25) is 9.59 Å². The Labute approximate surface area is 184 Å². The average Bonchev–Trinajstić information content (AvgIpc) is 2.75. The number of carbonyl (C=O) groups excluding carboxylic acids is 2. The number of fused-ring (bicyclic) bond motifs is 1. The lowest BCUT2D eigenvalue weighted by Crippen LogP contribution is -2.29. The number of nitrogens with zero attached hydrogens (tertiary/aromatic N) is 1. The van der Waals surface area contributed by atoms with E-state index in [1.807, 2.05) is 13.8 Å². The maximum absolute atomic E-state index is 13.0. The van der Waals surface area contributed by atoms with E-state index in [1.165, 1.54) is 34.9 Å². The molecule has 8 heteroatoms. The Bertz CT molecular complexity index is 1190. The smallest absolute Gasteiger partial charge is 0.338 e. The summed E-state index contributed by atoms with van der Waals surface area (Å²) in [7, 11) is 0. The number of aromatic hydroxyl groups is 1. The van der Waals surface area contributed by atoms with Crippen LogP contribution in [0.5, 0.6) is 5.75 Å². The van der Waals surface area contributed by atoms with Crippen molar-refractivity contribution >= 4 is 40.1 Å². The lowest BCUT2D eigenvalue weighted by atomic mass is 10.1. The molecule has 0 radical (unpaired) electrons. The van der Waals surface area contributed by atoms with Crippen molar-refractivity contribution in [3.8, 4) is 5.75 Å². The van der Waals surface area contributed by atoms with Crippen molar-refractivity contribution in [3.05, 3.63) is 69.0 Å². The van der Waals surface area contributed by atoms with Crippen LogP contribution in [0.3, 0.4) is 0 Å². The number of benzene rings is 2. The summed E-state index contributed by atoms with van der Waals surface area (Å²) in [5.41, 5.74) is 0.255. The largest absolute Gasteiger partial charge is 0.506 e. The molecule has 31 heavy (non-hydrogen) atoms. The molecular weight excluding hydrogens is 420 g/mol. The predicted octanol–water partition coefficient (Wildman–Crippen LogP) is 4.59. The van der Waals surface area contributed by atoms with Crippen LogP contribution in [0.2, 0.25) is 5.02 Å². The molecule has 0 aliphatic rings. The summed E-state index contributed by atoms with van der Waals surface area (Å²) in [5, 5.41) is 14.0. The van der Waals surface area contributed by atoms with Gasteiger partial charge in [0, 0.05) is 22.6 Å². The number of carbonyl (C=O) groups is 2. The molecular formula is C23H23ClN2O5. The summed E-state index contributed by atoms with van der Waals surface area (Å²) in [6.45, 7) is 4.52. The first kappa shape index (κ1) is 22.4. The molecule has 1 aromatic heterocycles. The van der Waals surface area contributed by atoms with E-state index in [-0.39, 0.29) is 5.56 Å². The number of hydrogen-bond donors (Lipinski definition) is 2. The number of aromatic nitrogens is 1. The summed E-state index contributed by atoms with van der Waals surface area (Å²) >= 11 is 6.06. The minimum Gasteiger partial charge on any atom is -0.506 e. The number of nitrogens with one attached hydrogen (secondary N) is 1. The van der Waals surface area contributed by atoms with Gasteiger partial charge in [0.25, 0.3) is 11.5 Å². The quantitative estimate of drug-likeness (QED) is 0.521. The van der Waals surface area contributed by atoms with E-state index >= 15 is 0 Å². The Morgan fingerprint density at radius 2 is 1.81 bits per heavy atom. The highest BCUT2D eigenvalue weighted by Gasteiger charge is 2.22. The minimum atomic E-state index is -0.754. The number of halogens is 1. The molecule has 1 amide bonds. The maximum atomic E-state index is 13.0. The number of pyridine rings is 1. The number of anilines is 1. The number of hydrogen-bond acceptors (Lipinski definition) is 5. The Kier molecular flexibility index (Phi) is 6.97. The Hall–Kier alpha value is -3.32. The minimum absolute atomic E-state index is 0.319.